The van der Waals surface area contributed by atoms with Gasteiger partial charge in [0.2, 0.25) is 0 Å². The molecular formula is C8H12. The highest BCUT2D eigenvalue weighted by atomic mass is 13.9. The molecule has 0 saturated heterocycles. The first kappa shape index (κ1) is 7.30. The Bertz CT molecular complexity index is 121. The number of rotatable bonds is 1. The minimum atomic E-state index is 0.421. The molecular weight excluding hydrogens is 96.1 g/mol. The van der Waals surface area contributed by atoms with Crippen LogP contribution in [0.5, 0.6) is 0 Å². The minimum absolute atomic E-state index is 0.421. The first-order valence-corrected chi connectivity index (χ1v) is 2.86. The van der Waals surface area contributed by atoms with Gasteiger partial charge < -0.3 is 0 Å². The van der Waals surface area contributed by atoms with E-state index in [1.165, 1.54) is 0 Å². The summed E-state index contributed by atoms with van der Waals surface area (Å²) in [6, 6.07) is 0. The summed E-state index contributed by atoms with van der Waals surface area (Å²) in [5, 5.41) is 0. The van der Waals surface area contributed by atoms with Crippen molar-refractivity contribution in [1.82, 2.24) is 0 Å². The summed E-state index contributed by atoms with van der Waals surface area (Å²) in [7, 11) is 0. The summed E-state index contributed by atoms with van der Waals surface area (Å²) in [6.07, 6.45) is 4.10. The van der Waals surface area contributed by atoms with E-state index in [0.29, 0.717) is 5.92 Å². The first-order valence-electron chi connectivity index (χ1n) is 2.86. The van der Waals surface area contributed by atoms with E-state index in [2.05, 4.69) is 24.8 Å². The fourth-order valence-corrected chi connectivity index (χ4v) is 0.564. The predicted octanol–water partition coefficient (Wildman–Crippen LogP) is 2.22. The van der Waals surface area contributed by atoms with Gasteiger partial charge in [0.1, 0.15) is 0 Å². The number of hydrogen-bond acceptors (Lipinski definition) is 0. The highest BCUT2D eigenvalue weighted by Crippen LogP contribution is 1.92. The standard InChI is InChI=1S/C8H12/c1-4-6-8(3)7-5-2/h4,6,8H,1-3H3. The van der Waals surface area contributed by atoms with Crippen LogP contribution in [0.15, 0.2) is 12.2 Å². The van der Waals surface area contributed by atoms with Gasteiger partial charge in [0.15, 0.2) is 0 Å². The average Bonchev–Trinajstić information content (AvgIpc) is 1.68. The van der Waals surface area contributed by atoms with Crippen LogP contribution in [0.2, 0.25) is 0 Å². The van der Waals surface area contributed by atoms with E-state index in [9.17, 15) is 0 Å². The second kappa shape index (κ2) is 4.46. The molecule has 0 nitrogen and oxygen atoms in total. The fourth-order valence-electron chi connectivity index (χ4n) is 0.564. The number of hydrogen-bond donors (Lipinski definition) is 0. The van der Waals surface area contributed by atoms with Crippen molar-refractivity contribution in [2.75, 3.05) is 0 Å². The molecule has 1 atom stereocenters. The third-order valence-electron chi connectivity index (χ3n) is 0.853. The lowest BCUT2D eigenvalue weighted by Gasteiger charge is -1.88. The van der Waals surface area contributed by atoms with Gasteiger partial charge in [-0.1, -0.05) is 18.1 Å². The van der Waals surface area contributed by atoms with Crippen LogP contribution in [-0.4, -0.2) is 0 Å². The molecule has 0 rings (SSSR count). The van der Waals surface area contributed by atoms with Crippen LogP contribution in [0.4, 0.5) is 0 Å². The molecule has 0 heteroatoms. The Balaban J connectivity index is 3.59. The van der Waals surface area contributed by atoms with Crippen LogP contribution >= 0.6 is 0 Å². The van der Waals surface area contributed by atoms with Crippen LogP contribution in [0.1, 0.15) is 20.8 Å². The summed E-state index contributed by atoms with van der Waals surface area (Å²) in [5.74, 6) is 6.28. The smallest absolute Gasteiger partial charge is 0.0354 e. The molecule has 0 fully saturated rings. The molecule has 0 spiro atoms. The third kappa shape index (κ3) is 3.49. The summed E-state index contributed by atoms with van der Waals surface area (Å²) >= 11 is 0. The normalized spacial score (nSPS) is 12.9. The first-order chi connectivity index (χ1) is 3.81. The maximum Gasteiger partial charge on any atom is 0.0354 e. The van der Waals surface area contributed by atoms with Gasteiger partial charge in [-0.2, -0.15) is 0 Å². The van der Waals surface area contributed by atoms with E-state index in [4.69, 9.17) is 0 Å². The Hall–Kier alpha value is -0.700. The average molecular weight is 108 g/mol. The van der Waals surface area contributed by atoms with Crippen LogP contribution in [-0.2, 0) is 0 Å². The van der Waals surface area contributed by atoms with Crippen molar-refractivity contribution in [3.05, 3.63) is 12.2 Å². The minimum Gasteiger partial charge on any atom is -0.106 e. The maximum atomic E-state index is 3.01. The molecule has 44 valence electrons. The van der Waals surface area contributed by atoms with Crippen LogP contribution in [0.25, 0.3) is 0 Å². The van der Waals surface area contributed by atoms with E-state index in [0.717, 1.165) is 0 Å². The summed E-state index contributed by atoms with van der Waals surface area (Å²) in [4.78, 5) is 0. The Morgan fingerprint density at radius 2 is 2.12 bits per heavy atom. The monoisotopic (exact) mass is 108 g/mol. The largest absolute Gasteiger partial charge is 0.106 e. The van der Waals surface area contributed by atoms with Crippen molar-refractivity contribution in [2.24, 2.45) is 5.92 Å². The van der Waals surface area contributed by atoms with Gasteiger partial charge in [0.05, 0.1) is 0 Å². The highest BCUT2D eigenvalue weighted by Gasteiger charge is 1.82. The lowest BCUT2D eigenvalue weighted by atomic mass is 10.2. The van der Waals surface area contributed by atoms with Crippen LogP contribution < -0.4 is 0 Å². The van der Waals surface area contributed by atoms with E-state index in [1.807, 2.05) is 19.9 Å². The highest BCUT2D eigenvalue weighted by molar-refractivity contribution is 5.06. The van der Waals surface area contributed by atoms with Gasteiger partial charge in [-0.25, -0.2) is 0 Å². The Kier molecular flexibility index (Phi) is 4.07. The Morgan fingerprint density at radius 1 is 1.50 bits per heavy atom. The molecule has 0 aliphatic heterocycles. The SMILES string of the molecule is CC#CC(C)C=CC. The Morgan fingerprint density at radius 3 is 2.50 bits per heavy atom. The van der Waals surface area contributed by atoms with Crippen molar-refractivity contribution in [3.63, 3.8) is 0 Å². The lowest BCUT2D eigenvalue weighted by Crippen LogP contribution is -1.79. The lowest BCUT2D eigenvalue weighted by molar-refractivity contribution is 0.977. The molecule has 0 aliphatic carbocycles. The van der Waals surface area contributed by atoms with Gasteiger partial charge in [-0.3, -0.25) is 0 Å². The zero-order valence-electron chi connectivity index (χ0n) is 5.73. The molecule has 0 bridgehead atoms. The van der Waals surface area contributed by atoms with Crippen LogP contribution in [0.3, 0.4) is 0 Å². The molecule has 0 N–H and O–H groups in total. The molecule has 1 unspecified atom stereocenters. The predicted molar refractivity (Wildman–Crippen MR) is 37.4 cm³/mol. The summed E-state index contributed by atoms with van der Waals surface area (Å²) in [6.45, 7) is 5.95. The molecule has 0 aliphatic rings. The molecule has 0 saturated carbocycles. The topological polar surface area (TPSA) is 0 Å². The fraction of sp³-hybridized carbons (Fsp3) is 0.500. The second-order valence-electron chi connectivity index (χ2n) is 1.71. The van der Waals surface area contributed by atoms with Crippen molar-refractivity contribution in [1.29, 1.82) is 0 Å². The summed E-state index contributed by atoms with van der Waals surface area (Å²) in [5.41, 5.74) is 0. The van der Waals surface area contributed by atoms with Gasteiger partial charge in [-0.05, 0) is 20.8 Å². The molecule has 0 aromatic carbocycles. The molecule has 0 radical (unpaired) electrons. The van der Waals surface area contributed by atoms with Gasteiger partial charge in [0, 0.05) is 5.92 Å². The van der Waals surface area contributed by atoms with Gasteiger partial charge >= 0.3 is 0 Å². The quantitative estimate of drug-likeness (QED) is 0.357. The molecule has 8 heavy (non-hydrogen) atoms. The van der Waals surface area contributed by atoms with E-state index in [-0.39, 0.29) is 0 Å². The molecule has 0 aromatic heterocycles. The zero-order valence-corrected chi connectivity index (χ0v) is 5.73. The summed E-state index contributed by atoms with van der Waals surface area (Å²) < 4.78 is 0. The third-order valence-corrected chi connectivity index (χ3v) is 0.853. The Labute approximate surface area is 51.6 Å². The number of allylic oxidation sites excluding steroid dienone is 2. The van der Waals surface area contributed by atoms with Crippen molar-refractivity contribution < 1.29 is 0 Å². The molecule has 0 amide bonds. The van der Waals surface area contributed by atoms with Gasteiger partial charge in [0.25, 0.3) is 0 Å². The van der Waals surface area contributed by atoms with E-state index in [1.54, 1.807) is 0 Å². The molecule has 0 heterocycles. The van der Waals surface area contributed by atoms with Crippen LogP contribution in [0, 0.1) is 17.8 Å². The van der Waals surface area contributed by atoms with E-state index < -0.39 is 0 Å². The van der Waals surface area contributed by atoms with E-state index >= 15 is 0 Å². The van der Waals surface area contributed by atoms with Crippen molar-refractivity contribution in [3.8, 4) is 11.8 Å². The van der Waals surface area contributed by atoms with Crippen molar-refractivity contribution >= 4 is 0 Å². The zero-order chi connectivity index (χ0) is 6.41. The molecule has 0 aromatic rings. The second-order valence-corrected chi connectivity index (χ2v) is 1.71. The maximum absolute atomic E-state index is 3.01. The van der Waals surface area contributed by atoms with Crippen molar-refractivity contribution in [2.45, 2.75) is 20.8 Å². The van der Waals surface area contributed by atoms with Gasteiger partial charge in [-0.15, -0.1) is 5.92 Å².